The van der Waals surface area contributed by atoms with Crippen LogP contribution in [-0.2, 0) is 16.1 Å². The van der Waals surface area contributed by atoms with Crippen molar-refractivity contribution in [3.8, 4) is 0 Å². The van der Waals surface area contributed by atoms with Crippen molar-refractivity contribution >= 4 is 5.91 Å². The maximum absolute atomic E-state index is 12.5. The van der Waals surface area contributed by atoms with Gasteiger partial charge in [0.25, 0.3) is 0 Å². The second-order valence-electron chi connectivity index (χ2n) is 7.30. The summed E-state index contributed by atoms with van der Waals surface area (Å²) in [5.74, 6) is 0.193. The maximum Gasteiger partial charge on any atom is 0.223 e. The fourth-order valence-corrected chi connectivity index (χ4v) is 3.85. The molecule has 1 atom stereocenters. The van der Waals surface area contributed by atoms with Gasteiger partial charge in [0.15, 0.2) is 0 Å². The van der Waals surface area contributed by atoms with Crippen LogP contribution in [0.3, 0.4) is 0 Å². The van der Waals surface area contributed by atoms with Gasteiger partial charge in [0.05, 0.1) is 11.7 Å². The molecule has 138 valence electrons. The van der Waals surface area contributed by atoms with E-state index in [0.717, 1.165) is 50.9 Å². The molecule has 1 N–H and O–H groups in total. The van der Waals surface area contributed by atoms with E-state index in [0.29, 0.717) is 19.5 Å². The Balaban J connectivity index is 1.42. The number of piperidine rings is 1. The number of aliphatic hydroxyl groups excluding tert-OH is 1. The molecule has 0 radical (unpaired) electrons. The van der Waals surface area contributed by atoms with Gasteiger partial charge in [-0.25, -0.2) is 0 Å². The first kappa shape index (κ1) is 18.3. The van der Waals surface area contributed by atoms with E-state index in [1.54, 1.807) is 6.20 Å². The molecule has 2 aliphatic rings. The van der Waals surface area contributed by atoms with E-state index in [2.05, 4.69) is 9.88 Å². The van der Waals surface area contributed by atoms with E-state index < -0.39 is 5.60 Å². The van der Waals surface area contributed by atoms with Crippen molar-refractivity contribution in [1.29, 1.82) is 0 Å². The molecule has 2 saturated heterocycles. The molecule has 6 heteroatoms. The second kappa shape index (κ2) is 8.25. The van der Waals surface area contributed by atoms with Gasteiger partial charge in [0.1, 0.15) is 0 Å². The van der Waals surface area contributed by atoms with E-state index in [4.69, 9.17) is 4.74 Å². The van der Waals surface area contributed by atoms with E-state index in [-0.39, 0.29) is 12.0 Å². The number of rotatable bonds is 5. The highest BCUT2D eigenvalue weighted by Gasteiger charge is 2.44. The van der Waals surface area contributed by atoms with E-state index in [9.17, 15) is 9.90 Å². The smallest absolute Gasteiger partial charge is 0.223 e. The Morgan fingerprint density at radius 2 is 2.28 bits per heavy atom. The molecule has 0 saturated carbocycles. The third kappa shape index (κ3) is 4.57. The summed E-state index contributed by atoms with van der Waals surface area (Å²) < 4.78 is 5.91. The Morgan fingerprint density at radius 3 is 2.96 bits per heavy atom. The summed E-state index contributed by atoms with van der Waals surface area (Å²) in [6, 6.07) is 3.98. The largest absolute Gasteiger partial charge is 0.390 e. The number of carbonyl (C=O) groups is 1. The Hall–Kier alpha value is -1.50. The highest BCUT2D eigenvalue weighted by atomic mass is 16.5. The zero-order chi connectivity index (χ0) is 17.7. The number of pyridine rings is 1. The zero-order valence-corrected chi connectivity index (χ0v) is 15.1. The molecule has 6 nitrogen and oxygen atoms in total. The third-order valence-electron chi connectivity index (χ3n) is 5.46. The summed E-state index contributed by atoms with van der Waals surface area (Å²) in [6.07, 6.45) is 6.98. The van der Waals surface area contributed by atoms with Crippen LogP contribution in [0, 0.1) is 0 Å². The van der Waals surface area contributed by atoms with Crippen molar-refractivity contribution in [2.75, 3.05) is 33.3 Å². The van der Waals surface area contributed by atoms with Crippen LogP contribution >= 0.6 is 0 Å². The number of nitrogens with zero attached hydrogens (tertiary/aromatic N) is 3. The van der Waals surface area contributed by atoms with Crippen LogP contribution in [0.5, 0.6) is 0 Å². The molecule has 2 fully saturated rings. The lowest BCUT2D eigenvalue weighted by atomic mass is 9.82. The molecule has 2 aliphatic heterocycles. The van der Waals surface area contributed by atoms with Crippen LogP contribution in [0.2, 0.25) is 0 Å². The number of hydrogen-bond acceptors (Lipinski definition) is 5. The van der Waals surface area contributed by atoms with Crippen LogP contribution in [-0.4, -0.2) is 70.8 Å². The highest BCUT2D eigenvalue weighted by Crippen LogP contribution is 2.35. The summed E-state index contributed by atoms with van der Waals surface area (Å²) in [4.78, 5) is 20.7. The Bertz CT molecular complexity index is 558. The minimum absolute atomic E-state index is 0.193. The number of aromatic nitrogens is 1. The van der Waals surface area contributed by atoms with Gasteiger partial charge in [0.2, 0.25) is 5.91 Å². The lowest BCUT2D eigenvalue weighted by Crippen LogP contribution is -2.56. The molecule has 0 bridgehead atoms. The van der Waals surface area contributed by atoms with Gasteiger partial charge in [0, 0.05) is 51.6 Å². The normalized spacial score (nSPS) is 23.2. The topological polar surface area (TPSA) is 65.9 Å². The summed E-state index contributed by atoms with van der Waals surface area (Å²) in [7, 11) is 2.03. The molecule has 1 aromatic rings. The van der Waals surface area contributed by atoms with Crippen LogP contribution in [0.4, 0.5) is 0 Å². The first-order valence-corrected chi connectivity index (χ1v) is 9.26. The van der Waals surface area contributed by atoms with Gasteiger partial charge in [-0.05, 0) is 44.4 Å². The molecule has 0 aromatic carbocycles. The van der Waals surface area contributed by atoms with Crippen molar-refractivity contribution in [2.24, 2.45) is 0 Å². The second-order valence-corrected chi connectivity index (χ2v) is 7.30. The van der Waals surface area contributed by atoms with Crippen molar-refractivity contribution in [2.45, 2.75) is 50.4 Å². The molecule has 1 amide bonds. The number of amides is 1. The van der Waals surface area contributed by atoms with Crippen LogP contribution in [0.15, 0.2) is 24.5 Å². The standard InChI is InChI=1S/C19H29N3O3/c1-21(15-16-4-2-9-20-14-16)10-6-18(24)22-11-7-19(8-12-22)17(23)5-3-13-25-19/h2,4,9,14,17,23H,3,5-8,10-13,15H2,1H3/t17-/m1/s1. The number of hydrogen-bond donors (Lipinski definition) is 1. The summed E-state index contributed by atoms with van der Waals surface area (Å²) in [6.45, 7) is 3.62. The van der Waals surface area contributed by atoms with Gasteiger partial charge in [-0.3, -0.25) is 9.78 Å². The van der Waals surface area contributed by atoms with E-state index in [1.807, 2.05) is 30.3 Å². The predicted octanol–water partition coefficient (Wildman–Crippen LogP) is 1.44. The fourth-order valence-electron chi connectivity index (χ4n) is 3.85. The Labute approximate surface area is 149 Å². The number of likely N-dealkylation sites (tertiary alicyclic amines) is 1. The van der Waals surface area contributed by atoms with E-state index in [1.165, 1.54) is 0 Å². The van der Waals surface area contributed by atoms with E-state index >= 15 is 0 Å². The molecule has 3 heterocycles. The monoisotopic (exact) mass is 347 g/mol. The molecule has 1 spiro atoms. The first-order valence-electron chi connectivity index (χ1n) is 9.26. The van der Waals surface area contributed by atoms with Gasteiger partial charge in [-0.15, -0.1) is 0 Å². The zero-order valence-electron chi connectivity index (χ0n) is 15.1. The van der Waals surface area contributed by atoms with Crippen LogP contribution in [0.1, 0.15) is 37.7 Å². The van der Waals surface area contributed by atoms with Gasteiger partial charge >= 0.3 is 0 Å². The van der Waals surface area contributed by atoms with Crippen LogP contribution in [0.25, 0.3) is 0 Å². The summed E-state index contributed by atoms with van der Waals surface area (Å²) >= 11 is 0. The Kier molecular flexibility index (Phi) is 6.04. The molecule has 25 heavy (non-hydrogen) atoms. The first-order chi connectivity index (χ1) is 12.1. The molecular formula is C19H29N3O3. The lowest BCUT2D eigenvalue weighted by Gasteiger charge is -2.46. The third-order valence-corrected chi connectivity index (χ3v) is 5.46. The van der Waals surface area contributed by atoms with Crippen molar-refractivity contribution < 1.29 is 14.6 Å². The predicted molar refractivity (Wildman–Crippen MR) is 94.9 cm³/mol. The summed E-state index contributed by atoms with van der Waals surface area (Å²) in [5.41, 5.74) is 0.743. The van der Waals surface area contributed by atoms with Crippen LogP contribution < -0.4 is 0 Å². The highest BCUT2D eigenvalue weighted by molar-refractivity contribution is 5.76. The number of aliphatic hydroxyl groups is 1. The van der Waals surface area contributed by atoms with Crippen molar-refractivity contribution in [1.82, 2.24) is 14.8 Å². The fraction of sp³-hybridized carbons (Fsp3) is 0.684. The molecule has 0 aliphatic carbocycles. The number of carbonyl (C=O) groups excluding carboxylic acids is 1. The molecular weight excluding hydrogens is 318 g/mol. The molecule has 1 aromatic heterocycles. The van der Waals surface area contributed by atoms with Crippen molar-refractivity contribution in [3.05, 3.63) is 30.1 Å². The average Bonchev–Trinajstić information content (AvgIpc) is 2.64. The SMILES string of the molecule is CN(CCC(=O)N1CCC2(CC1)OCCC[C@H]2O)Cc1cccnc1. The summed E-state index contributed by atoms with van der Waals surface area (Å²) in [5, 5.41) is 10.3. The maximum atomic E-state index is 12.5. The lowest BCUT2D eigenvalue weighted by molar-refractivity contribution is -0.179. The number of ether oxygens (including phenoxy) is 1. The quantitative estimate of drug-likeness (QED) is 0.873. The average molecular weight is 347 g/mol. The Morgan fingerprint density at radius 1 is 1.48 bits per heavy atom. The van der Waals surface area contributed by atoms with Gasteiger partial charge in [-0.1, -0.05) is 6.07 Å². The van der Waals surface area contributed by atoms with Crippen molar-refractivity contribution in [3.63, 3.8) is 0 Å². The minimum atomic E-state index is -0.411. The minimum Gasteiger partial charge on any atom is -0.390 e. The molecule has 0 unspecified atom stereocenters. The van der Waals surface area contributed by atoms with Gasteiger partial charge in [-0.2, -0.15) is 0 Å². The molecule has 3 rings (SSSR count). The van der Waals surface area contributed by atoms with Gasteiger partial charge < -0.3 is 19.6 Å².